The van der Waals surface area contributed by atoms with Crippen LogP contribution in [-0.2, 0) is 18.9 Å². The molecular weight excluding hydrogens is 204 g/mol. The zero-order valence-electron chi connectivity index (χ0n) is 9.15. The Kier molecular flexibility index (Phi) is 7.35. The number of unbranched alkanes of at least 4 members (excludes halogenated alkanes) is 1. The summed E-state index contributed by atoms with van der Waals surface area (Å²) in [7, 11) is 2.51. The lowest BCUT2D eigenvalue weighted by molar-refractivity contribution is -0.104. The molecule has 0 rings (SSSR count). The molecule has 0 radical (unpaired) electrons. The first-order chi connectivity index (χ1) is 7.13. The lowest BCUT2D eigenvalue weighted by Crippen LogP contribution is -2.22. The Morgan fingerprint density at radius 1 is 1.20 bits per heavy atom. The van der Waals surface area contributed by atoms with Crippen LogP contribution in [0.4, 0.5) is 9.59 Å². The minimum atomic E-state index is -1.12. The molecule has 0 aromatic heterocycles. The van der Waals surface area contributed by atoms with Gasteiger partial charge in [-0.05, 0) is 6.42 Å². The second kappa shape index (κ2) is 8.05. The monoisotopic (exact) mass is 220 g/mol. The molecule has 0 aliphatic rings. The van der Waals surface area contributed by atoms with Crippen LogP contribution in [0.15, 0.2) is 0 Å². The largest absolute Gasteiger partial charge is 0.520 e. The van der Waals surface area contributed by atoms with Crippen molar-refractivity contribution in [3.63, 3.8) is 0 Å². The van der Waals surface area contributed by atoms with Gasteiger partial charge in [0.1, 0.15) is 0 Å². The van der Waals surface area contributed by atoms with Crippen LogP contribution < -0.4 is 0 Å². The van der Waals surface area contributed by atoms with E-state index in [4.69, 9.17) is 9.47 Å². The molecule has 0 aromatic rings. The van der Waals surface area contributed by atoms with Crippen LogP contribution in [0.1, 0.15) is 26.2 Å². The highest BCUT2D eigenvalue weighted by Crippen LogP contribution is 2.06. The maximum absolute atomic E-state index is 10.9. The van der Waals surface area contributed by atoms with Crippen molar-refractivity contribution in [2.45, 2.75) is 32.5 Å². The fraction of sp³-hybridized carbons (Fsp3) is 0.778. The maximum Gasteiger partial charge on any atom is 0.520 e. The van der Waals surface area contributed by atoms with E-state index >= 15 is 0 Å². The van der Waals surface area contributed by atoms with Crippen LogP contribution in [0.3, 0.4) is 0 Å². The molecule has 0 N–H and O–H groups in total. The average molecular weight is 220 g/mol. The Labute approximate surface area is 88.4 Å². The zero-order chi connectivity index (χ0) is 11.7. The number of hydrogen-bond donors (Lipinski definition) is 0. The predicted octanol–water partition coefficient (Wildman–Crippen LogP) is 2.07. The van der Waals surface area contributed by atoms with Gasteiger partial charge in [-0.25, -0.2) is 9.59 Å². The molecule has 0 spiro atoms. The Hall–Kier alpha value is -1.30. The predicted molar refractivity (Wildman–Crippen MR) is 50.3 cm³/mol. The summed E-state index contributed by atoms with van der Waals surface area (Å²) in [5, 5.41) is 0. The number of ether oxygens (including phenoxy) is 4. The van der Waals surface area contributed by atoms with Gasteiger partial charge in [-0.15, -0.1) is 0 Å². The van der Waals surface area contributed by atoms with Gasteiger partial charge < -0.3 is 18.9 Å². The SMILES string of the molecule is CCCCC(OC)OC(=O)OC(=O)OC. The molecule has 0 fully saturated rings. The third-order valence-electron chi connectivity index (χ3n) is 1.62. The molecule has 0 saturated carbocycles. The van der Waals surface area contributed by atoms with Gasteiger partial charge in [-0.1, -0.05) is 13.3 Å². The van der Waals surface area contributed by atoms with Gasteiger partial charge in [0.2, 0.25) is 6.29 Å². The van der Waals surface area contributed by atoms with E-state index < -0.39 is 18.6 Å². The van der Waals surface area contributed by atoms with Crippen LogP contribution in [0, 0.1) is 0 Å². The summed E-state index contributed by atoms with van der Waals surface area (Å²) in [6, 6.07) is 0. The fourth-order valence-corrected chi connectivity index (χ4v) is 0.837. The van der Waals surface area contributed by atoms with Gasteiger partial charge >= 0.3 is 12.3 Å². The van der Waals surface area contributed by atoms with Gasteiger partial charge in [0.05, 0.1) is 7.11 Å². The quantitative estimate of drug-likeness (QED) is 0.401. The number of rotatable bonds is 5. The summed E-state index contributed by atoms with van der Waals surface area (Å²) in [5.41, 5.74) is 0. The molecule has 1 unspecified atom stereocenters. The second-order valence-corrected chi connectivity index (χ2v) is 2.73. The van der Waals surface area contributed by atoms with Crippen molar-refractivity contribution in [1.29, 1.82) is 0 Å². The van der Waals surface area contributed by atoms with Gasteiger partial charge in [0, 0.05) is 13.5 Å². The second-order valence-electron chi connectivity index (χ2n) is 2.73. The van der Waals surface area contributed by atoms with Crippen LogP contribution in [0.25, 0.3) is 0 Å². The van der Waals surface area contributed by atoms with E-state index in [9.17, 15) is 9.59 Å². The minimum Gasteiger partial charge on any atom is -0.437 e. The van der Waals surface area contributed by atoms with Crippen molar-refractivity contribution in [1.82, 2.24) is 0 Å². The first kappa shape index (κ1) is 13.7. The maximum atomic E-state index is 10.9. The normalized spacial score (nSPS) is 11.7. The van der Waals surface area contributed by atoms with E-state index in [2.05, 4.69) is 9.47 Å². The van der Waals surface area contributed by atoms with E-state index in [0.717, 1.165) is 20.0 Å². The third-order valence-corrected chi connectivity index (χ3v) is 1.62. The van der Waals surface area contributed by atoms with E-state index in [0.29, 0.717) is 6.42 Å². The van der Waals surface area contributed by atoms with Crippen LogP contribution in [-0.4, -0.2) is 32.8 Å². The van der Waals surface area contributed by atoms with Crippen molar-refractivity contribution in [2.24, 2.45) is 0 Å². The average Bonchev–Trinajstić information content (AvgIpc) is 2.23. The van der Waals surface area contributed by atoms with Gasteiger partial charge in [-0.2, -0.15) is 0 Å². The number of carbonyl (C=O) groups is 2. The van der Waals surface area contributed by atoms with Crippen LogP contribution in [0.2, 0.25) is 0 Å². The Bertz CT molecular complexity index is 203. The number of carbonyl (C=O) groups excluding carboxylic acids is 2. The van der Waals surface area contributed by atoms with Crippen LogP contribution in [0.5, 0.6) is 0 Å². The lowest BCUT2D eigenvalue weighted by Gasteiger charge is -2.14. The van der Waals surface area contributed by atoms with E-state index in [-0.39, 0.29) is 0 Å². The van der Waals surface area contributed by atoms with E-state index in [1.165, 1.54) is 7.11 Å². The lowest BCUT2D eigenvalue weighted by atomic mass is 10.2. The molecule has 88 valence electrons. The first-order valence-electron chi connectivity index (χ1n) is 4.63. The Morgan fingerprint density at radius 3 is 2.33 bits per heavy atom. The highest BCUT2D eigenvalue weighted by molar-refractivity contribution is 5.76. The number of methoxy groups -OCH3 is 2. The molecule has 0 amide bonds. The van der Waals surface area contributed by atoms with Crippen molar-refractivity contribution in [2.75, 3.05) is 14.2 Å². The molecule has 6 heteroatoms. The number of hydrogen-bond acceptors (Lipinski definition) is 6. The molecule has 0 aliphatic heterocycles. The smallest absolute Gasteiger partial charge is 0.437 e. The topological polar surface area (TPSA) is 71.1 Å². The highest BCUT2D eigenvalue weighted by Gasteiger charge is 2.17. The highest BCUT2D eigenvalue weighted by atomic mass is 16.8. The Balaban J connectivity index is 3.84. The summed E-state index contributed by atoms with van der Waals surface area (Å²) >= 11 is 0. The molecule has 0 saturated heterocycles. The third kappa shape index (κ3) is 6.73. The minimum absolute atomic E-state index is 0.559. The zero-order valence-corrected chi connectivity index (χ0v) is 9.15. The Morgan fingerprint density at radius 2 is 1.87 bits per heavy atom. The first-order valence-corrected chi connectivity index (χ1v) is 4.63. The summed E-state index contributed by atoms with van der Waals surface area (Å²) < 4.78 is 17.8. The summed E-state index contributed by atoms with van der Waals surface area (Å²) in [6.45, 7) is 2.00. The summed E-state index contributed by atoms with van der Waals surface area (Å²) in [5.74, 6) is 0. The summed E-state index contributed by atoms with van der Waals surface area (Å²) in [4.78, 5) is 21.4. The van der Waals surface area contributed by atoms with E-state index in [1.807, 2.05) is 6.92 Å². The molecule has 0 aliphatic carbocycles. The van der Waals surface area contributed by atoms with Crippen molar-refractivity contribution >= 4 is 12.3 Å². The molecule has 15 heavy (non-hydrogen) atoms. The van der Waals surface area contributed by atoms with Gasteiger partial charge in [0.25, 0.3) is 0 Å². The molecule has 6 nitrogen and oxygen atoms in total. The van der Waals surface area contributed by atoms with Gasteiger partial charge in [0.15, 0.2) is 0 Å². The molecule has 0 bridgehead atoms. The summed E-state index contributed by atoms with van der Waals surface area (Å²) in [6.07, 6.45) is -0.556. The molecule has 1 atom stereocenters. The van der Waals surface area contributed by atoms with Crippen molar-refractivity contribution in [3.8, 4) is 0 Å². The molecule has 0 aromatic carbocycles. The fourth-order valence-electron chi connectivity index (χ4n) is 0.837. The van der Waals surface area contributed by atoms with Crippen LogP contribution >= 0.6 is 0 Å². The van der Waals surface area contributed by atoms with Crippen molar-refractivity contribution in [3.05, 3.63) is 0 Å². The molecule has 0 heterocycles. The standard InChI is InChI=1S/C9H16O6/c1-4-5-6-7(12-2)14-9(11)15-8(10)13-3/h7H,4-6H2,1-3H3. The molecular formula is C9H16O6. The van der Waals surface area contributed by atoms with Gasteiger partial charge in [-0.3, -0.25) is 0 Å². The van der Waals surface area contributed by atoms with E-state index in [1.54, 1.807) is 0 Å². The van der Waals surface area contributed by atoms with Crippen molar-refractivity contribution < 1.29 is 28.5 Å².